The van der Waals surface area contributed by atoms with Crippen molar-refractivity contribution < 1.29 is 19.6 Å². The molecule has 0 amide bonds. The summed E-state index contributed by atoms with van der Waals surface area (Å²) < 4.78 is 5.68. The summed E-state index contributed by atoms with van der Waals surface area (Å²) in [6, 6.07) is 5.17. The summed E-state index contributed by atoms with van der Waals surface area (Å²) in [5.41, 5.74) is -0.176. The topological polar surface area (TPSA) is 103 Å². The highest BCUT2D eigenvalue weighted by atomic mass is 79.9. The van der Waals surface area contributed by atoms with Gasteiger partial charge in [-0.15, -0.1) is 0 Å². The number of hydrogen-bond acceptors (Lipinski definition) is 5. The molecule has 1 N–H and O–H groups in total. The van der Waals surface area contributed by atoms with E-state index in [0.717, 1.165) is 6.20 Å². The Kier molecular flexibility index (Phi) is 4.39. The number of carboxylic acids is 1. The Morgan fingerprint density at radius 3 is 2.67 bits per heavy atom. The van der Waals surface area contributed by atoms with E-state index in [1.54, 1.807) is 0 Å². The molecule has 0 unspecified atom stereocenters. The van der Waals surface area contributed by atoms with E-state index >= 15 is 0 Å². The minimum atomic E-state index is -1.11. The normalized spacial score (nSPS) is 10.2. The maximum absolute atomic E-state index is 10.8. The molecule has 7 nitrogen and oxygen atoms in total. The van der Waals surface area contributed by atoms with Crippen molar-refractivity contribution in [1.82, 2.24) is 4.98 Å². The first kappa shape index (κ1) is 15.2. The summed E-state index contributed by atoms with van der Waals surface area (Å²) in [6.07, 6.45) is 1.04. The van der Waals surface area contributed by atoms with Gasteiger partial charge in [-0.2, -0.15) is 0 Å². The van der Waals surface area contributed by atoms with E-state index in [0.29, 0.717) is 0 Å². The first-order valence-electron chi connectivity index (χ1n) is 5.39. The third-order valence-electron chi connectivity index (χ3n) is 2.39. The smallest absolute Gasteiger partial charge is 0.335 e. The molecule has 1 aromatic heterocycles. The van der Waals surface area contributed by atoms with Crippen molar-refractivity contribution in [2.75, 3.05) is 0 Å². The Hall–Kier alpha value is -2.19. The van der Waals surface area contributed by atoms with Crippen molar-refractivity contribution >= 4 is 39.2 Å². The van der Waals surface area contributed by atoms with E-state index < -0.39 is 10.9 Å². The second-order valence-corrected chi connectivity index (χ2v) is 5.05. The molecule has 0 spiro atoms. The summed E-state index contributed by atoms with van der Waals surface area (Å²) in [4.78, 5) is 24.6. The molecule has 0 saturated carbocycles. The Morgan fingerprint density at radius 1 is 1.43 bits per heavy atom. The Balaban J connectivity index is 2.30. The van der Waals surface area contributed by atoms with Gasteiger partial charge in [-0.25, -0.2) is 9.78 Å². The monoisotopic (exact) mass is 372 g/mol. The SMILES string of the molecule is O=C(O)c1ccc(Oc2ncc([N+](=O)[O-])cc2Br)c(Cl)c1. The molecule has 0 fully saturated rings. The first-order valence-corrected chi connectivity index (χ1v) is 6.56. The summed E-state index contributed by atoms with van der Waals surface area (Å²) >= 11 is 9.02. The number of pyridine rings is 1. The molecule has 0 radical (unpaired) electrons. The minimum Gasteiger partial charge on any atom is -0.478 e. The standard InChI is InChI=1S/C12H6BrClN2O5/c13-8-4-7(16(19)20)5-15-11(8)21-10-2-1-6(12(17)18)3-9(10)14/h1-5H,(H,17,18). The fourth-order valence-electron chi connectivity index (χ4n) is 1.41. The lowest BCUT2D eigenvalue weighted by Gasteiger charge is -2.08. The van der Waals surface area contributed by atoms with Crippen molar-refractivity contribution in [3.8, 4) is 11.6 Å². The number of nitrogens with zero attached hydrogens (tertiary/aromatic N) is 2. The predicted octanol–water partition coefficient (Wildman–Crippen LogP) is 3.90. The fourth-order valence-corrected chi connectivity index (χ4v) is 2.05. The van der Waals surface area contributed by atoms with Gasteiger partial charge < -0.3 is 9.84 Å². The number of carbonyl (C=O) groups is 1. The number of rotatable bonds is 4. The summed E-state index contributed by atoms with van der Waals surface area (Å²) in [7, 11) is 0. The zero-order valence-corrected chi connectivity index (χ0v) is 12.5. The number of hydrogen-bond donors (Lipinski definition) is 1. The largest absolute Gasteiger partial charge is 0.478 e. The Labute approximate surface area is 131 Å². The molecule has 1 heterocycles. The number of carboxylic acid groups (broad SMARTS) is 1. The molecule has 0 saturated heterocycles. The highest BCUT2D eigenvalue weighted by molar-refractivity contribution is 9.10. The van der Waals surface area contributed by atoms with Crippen molar-refractivity contribution in [2.45, 2.75) is 0 Å². The first-order chi connectivity index (χ1) is 9.88. The minimum absolute atomic E-state index is 0.0167. The van der Waals surface area contributed by atoms with E-state index in [2.05, 4.69) is 20.9 Å². The van der Waals surface area contributed by atoms with Crippen molar-refractivity contribution in [1.29, 1.82) is 0 Å². The molecule has 2 aromatic rings. The van der Waals surface area contributed by atoms with Gasteiger partial charge in [0, 0.05) is 6.07 Å². The molecule has 2 rings (SSSR count). The van der Waals surface area contributed by atoms with Gasteiger partial charge in [0.25, 0.3) is 5.69 Å². The average Bonchev–Trinajstić information content (AvgIpc) is 2.42. The number of halogens is 2. The molecule has 0 aliphatic heterocycles. The molecule has 0 aliphatic carbocycles. The lowest BCUT2D eigenvalue weighted by Crippen LogP contribution is -1.97. The number of aromatic carboxylic acids is 1. The van der Waals surface area contributed by atoms with Crippen LogP contribution in [0.25, 0.3) is 0 Å². The Bertz CT molecular complexity index is 676. The van der Waals surface area contributed by atoms with Crippen molar-refractivity contribution in [3.63, 3.8) is 0 Å². The number of ether oxygens (including phenoxy) is 1. The van der Waals surface area contributed by atoms with E-state index in [4.69, 9.17) is 21.4 Å². The van der Waals surface area contributed by atoms with Gasteiger partial charge >= 0.3 is 5.97 Å². The second kappa shape index (κ2) is 6.06. The van der Waals surface area contributed by atoms with Gasteiger partial charge in [0.15, 0.2) is 0 Å². The van der Waals surface area contributed by atoms with Gasteiger partial charge in [-0.05, 0) is 34.1 Å². The molecule has 108 valence electrons. The molecule has 1 aromatic carbocycles. The van der Waals surface area contributed by atoms with Gasteiger partial charge in [0.2, 0.25) is 5.88 Å². The van der Waals surface area contributed by atoms with Crippen molar-refractivity contribution in [2.24, 2.45) is 0 Å². The van der Waals surface area contributed by atoms with Crippen LogP contribution in [0.5, 0.6) is 11.6 Å². The van der Waals surface area contributed by atoms with E-state index in [1.807, 2.05) is 0 Å². The van der Waals surface area contributed by atoms with Crippen LogP contribution in [0.1, 0.15) is 10.4 Å². The molecular formula is C12H6BrClN2O5. The highest BCUT2D eigenvalue weighted by Gasteiger charge is 2.14. The zero-order chi connectivity index (χ0) is 15.6. The van der Waals surface area contributed by atoms with Crippen LogP contribution in [0, 0.1) is 10.1 Å². The average molecular weight is 374 g/mol. The molecular weight excluding hydrogens is 367 g/mol. The van der Waals surface area contributed by atoms with E-state index in [-0.39, 0.29) is 32.4 Å². The van der Waals surface area contributed by atoms with Crippen LogP contribution in [0.3, 0.4) is 0 Å². The van der Waals surface area contributed by atoms with Crippen LogP contribution in [0.4, 0.5) is 5.69 Å². The highest BCUT2D eigenvalue weighted by Crippen LogP contribution is 2.34. The summed E-state index contributed by atoms with van der Waals surface area (Å²) in [5, 5.41) is 19.5. The van der Waals surface area contributed by atoms with E-state index in [1.165, 1.54) is 24.3 Å². The van der Waals surface area contributed by atoms with Crippen LogP contribution in [0.15, 0.2) is 34.9 Å². The molecule has 21 heavy (non-hydrogen) atoms. The predicted molar refractivity (Wildman–Crippen MR) is 77.1 cm³/mol. The fraction of sp³-hybridized carbons (Fsp3) is 0. The lowest BCUT2D eigenvalue weighted by atomic mass is 10.2. The van der Waals surface area contributed by atoms with Gasteiger partial charge in [0.1, 0.15) is 11.9 Å². The number of benzene rings is 1. The Morgan fingerprint density at radius 2 is 2.14 bits per heavy atom. The van der Waals surface area contributed by atoms with Crippen molar-refractivity contribution in [3.05, 3.63) is 55.6 Å². The van der Waals surface area contributed by atoms with E-state index in [9.17, 15) is 14.9 Å². The van der Waals surface area contributed by atoms with Crippen LogP contribution in [-0.2, 0) is 0 Å². The van der Waals surface area contributed by atoms with Gasteiger partial charge in [0.05, 0.1) is 20.0 Å². The number of aromatic nitrogens is 1. The maximum Gasteiger partial charge on any atom is 0.335 e. The summed E-state index contributed by atoms with van der Waals surface area (Å²) in [5.74, 6) is -0.854. The van der Waals surface area contributed by atoms with Gasteiger partial charge in [-0.3, -0.25) is 10.1 Å². The van der Waals surface area contributed by atoms with Crippen LogP contribution >= 0.6 is 27.5 Å². The lowest BCUT2D eigenvalue weighted by molar-refractivity contribution is -0.385. The molecule has 9 heteroatoms. The molecule has 0 atom stereocenters. The second-order valence-electron chi connectivity index (χ2n) is 3.79. The quantitative estimate of drug-likeness (QED) is 0.644. The van der Waals surface area contributed by atoms with Gasteiger partial charge in [-0.1, -0.05) is 11.6 Å². The summed E-state index contributed by atoms with van der Waals surface area (Å²) in [6.45, 7) is 0. The third-order valence-corrected chi connectivity index (χ3v) is 3.25. The maximum atomic E-state index is 10.8. The third kappa shape index (κ3) is 3.47. The molecule has 0 aliphatic rings. The van der Waals surface area contributed by atoms with Crippen LogP contribution in [0.2, 0.25) is 5.02 Å². The van der Waals surface area contributed by atoms with Crippen LogP contribution in [-0.4, -0.2) is 21.0 Å². The number of nitro groups is 1. The van der Waals surface area contributed by atoms with Crippen LogP contribution < -0.4 is 4.74 Å². The zero-order valence-electron chi connectivity index (χ0n) is 10.1. The molecule has 0 bridgehead atoms.